The smallest absolute Gasteiger partial charge is 0.139 e. The molecule has 0 aliphatic heterocycles. The van der Waals surface area contributed by atoms with E-state index in [1.54, 1.807) is 0 Å². The summed E-state index contributed by atoms with van der Waals surface area (Å²) in [6.45, 7) is 10.7. The van der Waals surface area contributed by atoms with Gasteiger partial charge in [0.25, 0.3) is 0 Å². The number of quaternary nitrogens is 1. The van der Waals surface area contributed by atoms with Crippen LogP contribution in [0.3, 0.4) is 0 Å². The van der Waals surface area contributed by atoms with E-state index in [0.717, 1.165) is 13.1 Å². The standard InChI is InChI=1S/C11H24N2O2/c1-10(2)12-5-6-13(4,7-8-14)9-11(3)15/h10,12,14H,3,5-9H2,1-2,4H3/p+1. The SMILES string of the molecule is C=C(O)C[N+](C)(CCO)CCNC(C)C. The number of rotatable bonds is 8. The Balaban J connectivity index is 4.06. The average molecular weight is 217 g/mol. The number of hydrogen-bond donors (Lipinski definition) is 3. The summed E-state index contributed by atoms with van der Waals surface area (Å²) < 4.78 is 0.617. The molecule has 0 aromatic rings. The molecule has 4 heteroatoms. The molecule has 0 spiro atoms. The molecule has 0 saturated heterocycles. The zero-order chi connectivity index (χ0) is 11.9. The Morgan fingerprint density at radius 2 is 2.00 bits per heavy atom. The molecule has 0 heterocycles. The van der Waals surface area contributed by atoms with Crippen molar-refractivity contribution in [3.05, 3.63) is 12.3 Å². The molecule has 4 nitrogen and oxygen atoms in total. The molecule has 0 radical (unpaired) electrons. The van der Waals surface area contributed by atoms with Crippen LogP contribution in [0.5, 0.6) is 0 Å². The molecule has 15 heavy (non-hydrogen) atoms. The molecule has 0 aliphatic rings. The fraction of sp³-hybridized carbons (Fsp3) is 0.818. The van der Waals surface area contributed by atoms with Crippen molar-refractivity contribution in [2.24, 2.45) is 0 Å². The van der Waals surface area contributed by atoms with Crippen LogP contribution in [0.15, 0.2) is 12.3 Å². The van der Waals surface area contributed by atoms with Crippen LogP contribution in [0.1, 0.15) is 13.8 Å². The summed E-state index contributed by atoms with van der Waals surface area (Å²) in [6.07, 6.45) is 0. The first-order valence-corrected chi connectivity index (χ1v) is 5.44. The van der Waals surface area contributed by atoms with Crippen molar-refractivity contribution >= 4 is 0 Å². The van der Waals surface area contributed by atoms with E-state index in [0.29, 0.717) is 23.6 Å². The maximum Gasteiger partial charge on any atom is 0.139 e. The van der Waals surface area contributed by atoms with Crippen LogP contribution < -0.4 is 5.32 Å². The van der Waals surface area contributed by atoms with Crippen molar-refractivity contribution in [3.8, 4) is 0 Å². The molecule has 0 amide bonds. The van der Waals surface area contributed by atoms with Crippen molar-refractivity contribution in [1.29, 1.82) is 0 Å². The van der Waals surface area contributed by atoms with Crippen molar-refractivity contribution in [2.45, 2.75) is 19.9 Å². The quantitative estimate of drug-likeness (QED) is 0.410. The maximum absolute atomic E-state index is 9.21. The first-order chi connectivity index (χ1) is 6.89. The fourth-order valence-electron chi connectivity index (χ4n) is 1.58. The predicted molar refractivity (Wildman–Crippen MR) is 62.8 cm³/mol. The highest BCUT2D eigenvalue weighted by atomic mass is 16.3. The van der Waals surface area contributed by atoms with E-state index >= 15 is 0 Å². The Hall–Kier alpha value is -0.580. The monoisotopic (exact) mass is 217 g/mol. The van der Waals surface area contributed by atoms with E-state index in [1.165, 1.54) is 0 Å². The number of hydrogen-bond acceptors (Lipinski definition) is 3. The number of likely N-dealkylation sites (N-methyl/N-ethyl adjacent to an activating group) is 1. The molecule has 0 aliphatic carbocycles. The lowest BCUT2D eigenvalue weighted by Crippen LogP contribution is -2.51. The van der Waals surface area contributed by atoms with Gasteiger partial charge in [-0.15, -0.1) is 0 Å². The van der Waals surface area contributed by atoms with E-state index in [1.807, 2.05) is 7.05 Å². The molecular formula is C11H25N2O2+. The van der Waals surface area contributed by atoms with E-state index < -0.39 is 0 Å². The molecule has 0 saturated carbocycles. The van der Waals surface area contributed by atoms with Gasteiger partial charge in [0, 0.05) is 12.6 Å². The van der Waals surface area contributed by atoms with Crippen LogP contribution in [0.25, 0.3) is 0 Å². The normalized spacial score (nSPS) is 15.3. The van der Waals surface area contributed by atoms with Crippen LogP contribution in [-0.4, -0.2) is 60.6 Å². The highest BCUT2D eigenvalue weighted by Gasteiger charge is 2.21. The van der Waals surface area contributed by atoms with Crippen LogP contribution in [-0.2, 0) is 0 Å². The summed E-state index contributed by atoms with van der Waals surface area (Å²) in [6, 6.07) is 0.463. The topological polar surface area (TPSA) is 52.5 Å². The van der Waals surface area contributed by atoms with Gasteiger partial charge in [0.15, 0.2) is 0 Å². The highest BCUT2D eigenvalue weighted by Crippen LogP contribution is 2.04. The second kappa shape index (κ2) is 6.82. The lowest BCUT2D eigenvalue weighted by molar-refractivity contribution is -0.905. The van der Waals surface area contributed by atoms with Crippen molar-refractivity contribution < 1.29 is 14.7 Å². The summed E-state index contributed by atoms with van der Waals surface area (Å²) in [5.74, 6) is 0.176. The lowest BCUT2D eigenvalue weighted by Gasteiger charge is -2.33. The Morgan fingerprint density at radius 3 is 2.40 bits per heavy atom. The summed E-state index contributed by atoms with van der Waals surface area (Å²) in [7, 11) is 2.01. The van der Waals surface area contributed by atoms with Crippen LogP contribution in [0.2, 0.25) is 0 Å². The molecule has 0 aromatic carbocycles. The van der Waals surface area contributed by atoms with Crippen LogP contribution >= 0.6 is 0 Å². The molecule has 90 valence electrons. The third-order valence-electron chi connectivity index (χ3n) is 2.41. The Kier molecular flexibility index (Phi) is 6.56. The first kappa shape index (κ1) is 14.4. The zero-order valence-corrected chi connectivity index (χ0v) is 10.2. The van der Waals surface area contributed by atoms with Gasteiger partial charge in [0.2, 0.25) is 0 Å². The van der Waals surface area contributed by atoms with Gasteiger partial charge in [-0.1, -0.05) is 20.4 Å². The van der Waals surface area contributed by atoms with E-state index in [4.69, 9.17) is 5.11 Å². The van der Waals surface area contributed by atoms with Gasteiger partial charge in [0.05, 0.1) is 20.2 Å². The third-order valence-corrected chi connectivity index (χ3v) is 2.41. The minimum atomic E-state index is 0.130. The first-order valence-electron chi connectivity index (χ1n) is 5.44. The minimum Gasteiger partial charge on any atom is -0.507 e. The van der Waals surface area contributed by atoms with Crippen molar-refractivity contribution in [2.75, 3.05) is 39.8 Å². The third kappa shape index (κ3) is 7.36. The summed E-state index contributed by atoms with van der Waals surface area (Å²) in [4.78, 5) is 0. The van der Waals surface area contributed by atoms with Gasteiger partial charge in [-0.2, -0.15) is 0 Å². The molecule has 0 rings (SSSR count). The van der Waals surface area contributed by atoms with Gasteiger partial charge >= 0.3 is 0 Å². The van der Waals surface area contributed by atoms with Crippen LogP contribution in [0, 0.1) is 0 Å². The number of aliphatic hydroxyl groups excluding tert-OH is 2. The molecule has 1 unspecified atom stereocenters. The van der Waals surface area contributed by atoms with Gasteiger partial charge in [-0.05, 0) is 0 Å². The van der Waals surface area contributed by atoms with Gasteiger partial charge in [0.1, 0.15) is 18.8 Å². The number of nitrogens with one attached hydrogen (secondary N) is 1. The van der Waals surface area contributed by atoms with Crippen molar-refractivity contribution in [3.63, 3.8) is 0 Å². The molecular weight excluding hydrogens is 192 g/mol. The Bertz CT molecular complexity index is 195. The average Bonchev–Trinajstić information content (AvgIpc) is 2.01. The summed E-state index contributed by atoms with van der Waals surface area (Å²) in [5, 5.41) is 21.5. The van der Waals surface area contributed by atoms with E-state index in [-0.39, 0.29) is 12.4 Å². The fourth-order valence-corrected chi connectivity index (χ4v) is 1.58. The molecule has 0 bridgehead atoms. The van der Waals surface area contributed by atoms with Gasteiger partial charge in [-0.25, -0.2) is 0 Å². The summed E-state index contributed by atoms with van der Waals surface area (Å²) >= 11 is 0. The van der Waals surface area contributed by atoms with E-state index in [9.17, 15) is 5.11 Å². The minimum absolute atomic E-state index is 0.130. The predicted octanol–water partition coefficient (Wildman–Crippen LogP) is 0.495. The van der Waals surface area contributed by atoms with Crippen molar-refractivity contribution in [1.82, 2.24) is 5.32 Å². The highest BCUT2D eigenvalue weighted by molar-refractivity contribution is 4.78. The lowest BCUT2D eigenvalue weighted by atomic mass is 10.3. The molecule has 0 fully saturated rings. The van der Waals surface area contributed by atoms with Gasteiger partial charge in [-0.3, -0.25) is 0 Å². The maximum atomic E-state index is 9.21. The zero-order valence-electron chi connectivity index (χ0n) is 10.2. The van der Waals surface area contributed by atoms with Gasteiger partial charge < -0.3 is 20.0 Å². The van der Waals surface area contributed by atoms with E-state index in [2.05, 4.69) is 25.7 Å². The number of nitrogens with zero attached hydrogens (tertiary/aromatic N) is 1. The summed E-state index contributed by atoms with van der Waals surface area (Å²) in [5.41, 5.74) is 0. The molecule has 0 aromatic heterocycles. The molecule has 1 atom stereocenters. The van der Waals surface area contributed by atoms with Crippen LogP contribution in [0.4, 0.5) is 0 Å². The second-order valence-electron chi connectivity index (χ2n) is 4.62. The number of aliphatic hydroxyl groups is 2. The molecule has 3 N–H and O–H groups in total. The Morgan fingerprint density at radius 1 is 1.40 bits per heavy atom. The largest absolute Gasteiger partial charge is 0.507 e. The Labute approximate surface area is 92.8 Å². The second-order valence-corrected chi connectivity index (χ2v) is 4.62.